The fraction of sp³-hybridized carbons (Fsp3) is 0.235. The zero-order valence-corrected chi connectivity index (χ0v) is 12.9. The second-order valence-corrected chi connectivity index (χ2v) is 4.61. The smallest absolute Gasteiger partial charge is 0.362 e. The maximum Gasteiger partial charge on any atom is 0.362 e. The molecule has 0 N–H and O–H groups in total. The molecule has 0 saturated heterocycles. The first-order valence-electron chi connectivity index (χ1n) is 7.14. The van der Waals surface area contributed by atoms with Gasteiger partial charge in [-0.25, -0.2) is 14.6 Å². The molecule has 120 valence electrons. The minimum absolute atomic E-state index is 0.0270. The summed E-state index contributed by atoms with van der Waals surface area (Å²) in [6.45, 7) is 2.65. The van der Waals surface area contributed by atoms with Crippen LogP contribution in [0.2, 0.25) is 0 Å². The molecular weight excluding hydrogens is 298 g/mol. The van der Waals surface area contributed by atoms with Gasteiger partial charge >= 0.3 is 11.9 Å². The largest absolute Gasteiger partial charge is 0.494 e. The summed E-state index contributed by atoms with van der Waals surface area (Å²) in [6, 6.07) is 11.2. The van der Waals surface area contributed by atoms with Crippen molar-refractivity contribution in [1.82, 2.24) is 4.98 Å². The van der Waals surface area contributed by atoms with Crippen molar-refractivity contribution in [2.75, 3.05) is 13.7 Å². The number of nitrogens with zero attached hydrogens (tertiary/aromatic N) is 1. The van der Waals surface area contributed by atoms with Crippen LogP contribution in [0.3, 0.4) is 0 Å². The summed E-state index contributed by atoms with van der Waals surface area (Å²) < 4.78 is 15.2. The van der Waals surface area contributed by atoms with E-state index in [1.54, 1.807) is 24.3 Å². The molecule has 0 fully saturated rings. The molecule has 6 heteroatoms. The fourth-order valence-electron chi connectivity index (χ4n) is 1.75. The predicted molar refractivity (Wildman–Crippen MR) is 82.8 cm³/mol. The van der Waals surface area contributed by atoms with E-state index >= 15 is 0 Å². The van der Waals surface area contributed by atoms with Crippen molar-refractivity contribution >= 4 is 11.9 Å². The number of carbonyl (C=O) groups is 2. The van der Waals surface area contributed by atoms with Gasteiger partial charge in [0.05, 0.1) is 13.7 Å². The highest BCUT2D eigenvalue weighted by atomic mass is 16.5. The zero-order chi connectivity index (χ0) is 16.7. The van der Waals surface area contributed by atoms with Gasteiger partial charge in [-0.05, 0) is 42.8 Å². The molecule has 0 aliphatic carbocycles. The number of ether oxygens (including phenoxy) is 3. The van der Waals surface area contributed by atoms with Gasteiger partial charge in [0, 0.05) is 0 Å². The Balaban J connectivity index is 2.05. The third-order valence-electron chi connectivity index (χ3n) is 2.86. The first kappa shape index (κ1) is 16.5. The average molecular weight is 315 g/mol. The third-order valence-corrected chi connectivity index (χ3v) is 2.86. The van der Waals surface area contributed by atoms with E-state index in [0.717, 1.165) is 6.42 Å². The molecule has 0 spiro atoms. The normalized spacial score (nSPS) is 10.0. The second-order valence-electron chi connectivity index (χ2n) is 4.61. The minimum Gasteiger partial charge on any atom is -0.494 e. The molecule has 2 aromatic rings. The average Bonchev–Trinajstić information content (AvgIpc) is 2.60. The molecule has 0 atom stereocenters. The molecule has 0 bridgehead atoms. The maximum absolute atomic E-state index is 12.1. The summed E-state index contributed by atoms with van der Waals surface area (Å²) >= 11 is 0. The molecule has 0 radical (unpaired) electrons. The molecular formula is C17H17NO5. The Morgan fingerprint density at radius 2 is 1.57 bits per heavy atom. The van der Waals surface area contributed by atoms with Crippen molar-refractivity contribution in [3.8, 4) is 11.5 Å². The van der Waals surface area contributed by atoms with Crippen molar-refractivity contribution < 1.29 is 23.8 Å². The van der Waals surface area contributed by atoms with E-state index in [0.29, 0.717) is 18.1 Å². The molecule has 1 aromatic heterocycles. The SMILES string of the molecule is CCCOc1ccc(OC(=O)c2cccc(C(=O)OC)n2)cc1. The van der Waals surface area contributed by atoms with Gasteiger partial charge in [0.1, 0.15) is 22.9 Å². The topological polar surface area (TPSA) is 74.7 Å². The van der Waals surface area contributed by atoms with E-state index in [-0.39, 0.29) is 11.4 Å². The molecule has 0 unspecified atom stereocenters. The Morgan fingerprint density at radius 3 is 2.17 bits per heavy atom. The van der Waals surface area contributed by atoms with Gasteiger partial charge in [-0.2, -0.15) is 0 Å². The van der Waals surface area contributed by atoms with Crippen molar-refractivity contribution in [3.05, 3.63) is 53.9 Å². The molecule has 1 heterocycles. The Hall–Kier alpha value is -2.89. The van der Waals surface area contributed by atoms with Crippen molar-refractivity contribution in [2.45, 2.75) is 13.3 Å². The first-order chi connectivity index (χ1) is 11.1. The standard InChI is InChI=1S/C17H17NO5/c1-3-11-22-12-7-9-13(10-8-12)23-17(20)15-6-4-5-14(18-15)16(19)21-2/h4-10H,3,11H2,1-2H3. The summed E-state index contributed by atoms with van der Waals surface area (Å²) in [5.41, 5.74) is 0.0736. The molecule has 6 nitrogen and oxygen atoms in total. The highest BCUT2D eigenvalue weighted by Gasteiger charge is 2.14. The summed E-state index contributed by atoms with van der Waals surface area (Å²) in [4.78, 5) is 27.4. The summed E-state index contributed by atoms with van der Waals surface area (Å²) in [5, 5.41) is 0. The van der Waals surface area contributed by atoms with E-state index in [4.69, 9.17) is 9.47 Å². The Kier molecular flexibility index (Phi) is 5.68. The van der Waals surface area contributed by atoms with Crippen molar-refractivity contribution in [1.29, 1.82) is 0 Å². The fourth-order valence-corrected chi connectivity index (χ4v) is 1.75. The van der Waals surface area contributed by atoms with Crippen molar-refractivity contribution in [3.63, 3.8) is 0 Å². The third kappa shape index (κ3) is 4.54. The highest BCUT2D eigenvalue weighted by molar-refractivity contribution is 5.92. The van der Waals surface area contributed by atoms with Crippen LogP contribution in [0.1, 0.15) is 34.3 Å². The van der Waals surface area contributed by atoms with Gasteiger partial charge < -0.3 is 14.2 Å². The van der Waals surface area contributed by atoms with Crippen LogP contribution in [0, 0.1) is 0 Å². The lowest BCUT2D eigenvalue weighted by Crippen LogP contribution is -2.13. The van der Waals surface area contributed by atoms with Crippen LogP contribution < -0.4 is 9.47 Å². The number of pyridine rings is 1. The van der Waals surface area contributed by atoms with Crippen LogP contribution in [-0.2, 0) is 4.74 Å². The zero-order valence-electron chi connectivity index (χ0n) is 12.9. The number of rotatable bonds is 6. The van der Waals surface area contributed by atoms with Crippen LogP contribution in [-0.4, -0.2) is 30.6 Å². The van der Waals surface area contributed by atoms with Gasteiger partial charge in [0.15, 0.2) is 0 Å². The molecule has 23 heavy (non-hydrogen) atoms. The van der Waals surface area contributed by atoms with E-state index in [1.807, 2.05) is 6.92 Å². The number of carbonyl (C=O) groups excluding carboxylic acids is 2. The molecule has 1 aromatic carbocycles. The van der Waals surface area contributed by atoms with Gasteiger partial charge in [-0.1, -0.05) is 13.0 Å². The molecule has 2 rings (SSSR count). The van der Waals surface area contributed by atoms with Crippen LogP contribution >= 0.6 is 0 Å². The number of esters is 2. The van der Waals surface area contributed by atoms with Crippen LogP contribution in [0.5, 0.6) is 11.5 Å². The lowest BCUT2D eigenvalue weighted by atomic mass is 10.3. The predicted octanol–water partition coefficient (Wildman–Crippen LogP) is 2.88. The molecule has 0 saturated carbocycles. The summed E-state index contributed by atoms with van der Waals surface area (Å²) in [5.74, 6) is -0.198. The van der Waals surface area contributed by atoms with E-state index < -0.39 is 11.9 Å². The second kappa shape index (κ2) is 7.93. The first-order valence-corrected chi connectivity index (χ1v) is 7.14. The van der Waals surface area contributed by atoms with Gasteiger partial charge in [0.25, 0.3) is 0 Å². The molecule has 0 aliphatic rings. The Morgan fingerprint density at radius 1 is 0.957 bits per heavy atom. The van der Waals surface area contributed by atoms with Crippen molar-refractivity contribution in [2.24, 2.45) is 0 Å². The molecule has 0 amide bonds. The van der Waals surface area contributed by atoms with Crippen LogP contribution in [0.4, 0.5) is 0 Å². The van der Waals surface area contributed by atoms with Gasteiger partial charge in [-0.15, -0.1) is 0 Å². The maximum atomic E-state index is 12.1. The summed E-state index contributed by atoms with van der Waals surface area (Å²) in [6.07, 6.45) is 0.916. The van der Waals surface area contributed by atoms with E-state index in [2.05, 4.69) is 9.72 Å². The van der Waals surface area contributed by atoms with Gasteiger partial charge in [-0.3, -0.25) is 0 Å². The van der Waals surface area contributed by atoms with Gasteiger partial charge in [0.2, 0.25) is 0 Å². The number of methoxy groups -OCH3 is 1. The lowest BCUT2D eigenvalue weighted by Gasteiger charge is -2.07. The number of aromatic nitrogens is 1. The Bertz CT molecular complexity index is 682. The lowest BCUT2D eigenvalue weighted by molar-refractivity contribution is 0.0593. The number of hydrogen-bond acceptors (Lipinski definition) is 6. The molecule has 0 aliphatic heterocycles. The minimum atomic E-state index is -0.655. The number of hydrogen-bond donors (Lipinski definition) is 0. The van der Waals surface area contributed by atoms with E-state index in [9.17, 15) is 9.59 Å². The van der Waals surface area contributed by atoms with Crippen LogP contribution in [0.25, 0.3) is 0 Å². The number of benzene rings is 1. The quantitative estimate of drug-likeness (QED) is 0.603. The Labute approximate surface area is 134 Å². The monoisotopic (exact) mass is 315 g/mol. The highest BCUT2D eigenvalue weighted by Crippen LogP contribution is 2.18. The van der Waals surface area contributed by atoms with Crippen LogP contribution in [0.15, 0.2) is 42.5 Å². The van der Waals surface area contributed by atoms with E-state index in [1.165, 1.54) is 25.3 Å². The summed E-state index contributed by atoms with van der Waals surface area (Å²) in [7, 11) is 1.25.